The van der Waals surface area contributed by atoms with Crippen LogP contribution in [0.2, 0.25) is 0 Å². The number of nitrogens with zero attached hydrogens (tertiary/aromatic N) is 1. The maximum Gasteiger partial charge on any atom is 0.310 e. The van der Waals surface area contributed by atoms with Gasteiger partial charge in [0, 0.05) is 18.7 Å². The van der Waals surface area contributed by atoms with Gasteiger partial charge < -0.3 is 14.4 Å². The van der Waals surface area contributed by atoms with Crippen molar-refractivity contribution in [2.24, 2.45) is 5.92 Å². The molecule has 144 valence electrons. The van der Waals surface area contributed by atoms with E-state index in [9.17, 15) is 9.59 Å². The predicted octanol–water partition coefficient (Wildman–Crippen LogP) is 3.93. The summed E-state index contributed by atoms with van der Waals surface area (Å²) < 4.78 is 10.4. The molecule has 0 bridgehead atoms. The molecule has 2 aromatic carbocycles. The summed E-state index contributed by atoms with van der Waals surface area (Å²) in [5.74, 6) is -0.155. The number of esters is 1. The van der Waals surface area contributed by atoms with Crippen LogP contribution in [-0.4, -0.2) is 36.5 Å². The molecule has 2 aromatic rings. The molecule has 1 amide bonds. The van der Waals surface area contributed by atoms with Gasteiger partial charge in [-0.3, -0.25) is 9.59 Å². The molecule has 2 rings (SSSR count). The third kappa shape index (κ3) is 6.13. The van der Waals surface area contributed by atoms with Crippen LogP contribution >= 0.6 is 0 Å². The van der Waals surface area contributed by atoms with E-state index in [1.54, 1.807) is 36.1 Å². The van der Waals surface area contributed by atoms with Crippen molar-refractivity contribution >= 4 is 11.9 Å². The van der Waals surface area contributed by atoms with E-state index in [2.05, 4.69) is 0 Å². The van der Waals surface area contributed by atoms with Crippen LogP contribution in [-0.2, 0) is 16.1 Å². The second-order valence-electron chi connectivity index (χ2n) is 6.79. The van der Waals surface area contributed by atoms with Crippen LogP contribution in [0, 0.1) is 5.92 Å². The van der Waals surface area contributed by atoms with Gasteiger partial charge in [0.1, 0.15) is 5.75 Å². The summed E-state index contributed by atoms with van der Waals surface area (Å²) in [5.41, 5.74) is 1.56. The summed E-state index contributed by atoms with van der Waals surface area (Å²) in [7, 11) is 1.36. The SMILES string of the molecule is COC(=O)C(C)CN(Cc1ccccc1)C(=O)c1ccc(OC(C)C)cc1. The summed E-state index contributed by atoms with van der Waals surface area (Å²) in [6.07, 6.45) is 0.0713. The molecule has 0 radical (unpaired) electrons. The summed E-state index contributed by atoms with van der Waals surface area (Å²) >= 11 is 0. The van der Waals surface area contributed by atoms with Gasteiger partial charge in [0.05, 0.1) is 19.1 Å². The van der Waals surface area contributed by atoms with E-state index in [4.69, 9.17) is 9.47 Å². The van der Waals surface area contributed by atoms with Gasteiger partial charge in [-0.05, 0) is 43.7 Å². The topological polar surface area (TPSA) is 55.8 Å². The molecule has 0 fully saturated rings. The van der Waals surface area contributed by atoms with Crippen LogP contribution in [0.1, 0.15) is 36.7 Å². The lowest BCUT2D eigenvalue weighted by molar-refractivity contribution is -0.145. The first-order valence-electron chi connectivity index (χ1n) is 9.08. The number of ether oxygens (including phenoxy) is 2. The Hall–Kier alpha value is -2.82. The smallest absolute Gasteiger partial charge is 0.310 e. The molecule has 0 aliphatic rings. The molecule has 0 aliphatic heterocycles. The van der Waals surface area contributed by atoms with Gasteiger partial charge >= 0.3 is 5.97 Å². The third-order valence-electron chi connectivity index (χ3n) is 4.07. The minimum absolute atomic E-state index is 0.0713. The van der Waals surface area contributed by atoms with Gasteiger partial charge in [-0.2, -0.15) is 0 Å². The Balaban J connectivity index is 2.20. The van der Waals surface area contributed by atoms with Crippen LogP contribution in [0.4, 0.5) is 0 Å². The number of carbonyl (C=O) groups is 2. The van der Waals surface area contributed by atoms with E-state index in [0.29, 0.717) is 12.1 Å². The molecular formula is C22H27NO4. The predicted molar refractivity (Wildman–Crippen MR) is 105 cm³/mol. The molecule has 0 saturated heterocycles. The summed E-state index contributed by atoms with van der Waals surface area (Å²) in [6.45, 7) is 6.37. The minimum atomic E-state index is -0.411. The lowest BCUT2D eigenvalue weighted by Gasteiger charge is -2.25. The van der Waals surface area contributed by atoms with E-state index < -0.39 is 5.92 Å². The number of amides is 1. The number of carbonyl (C=O) groups excluding carboxylic acids is 2. The molecule has 1 atom stereocenters. The van der Waals surface area contributed by atoms with Crippen LogP contribution in [0.25, 0.3) is 0 Å². The Morgan fingerprint density at radius 2 is 1.59 bits per heavy atom. The van der Waals surface area contributed by atoms with Crippen molar-refractivity contribution in [3.8, 4) is 5.75 Å². The third-order valence-corrected chi connectivity index (χ3v) is 4.07. The Bertz CT molecular complexity index is 741. The van der Waals surface area contributed by atoms with Crippen LogP contribution < -0.4 is 4.74 Å². The molecule has 0 aliphatic carbocycles. The number of methoxy groups -OCH3 is 1. The Kier molecular flexibility index (Phi) is 7.41. The first-order valence-corrected chi connectivity index (χ1v) is 9.08. The van der Waals surface area contributed by atoms with Gasteiger partial charge in [0.15, 0.2) is 0 Å². The molecule has 0 saturated carbocycles. The van der Waals surface area contributed by atoms with E-state index in [1.165, 1.54) is 7.11 Å². The first kappa shape index (κ1) is 20.5. The van der Waals surface area contributed by atoms with E-state index in [1.807, 2.05) is 44.2 Å². The van der Waals surface area contributed by atoms with Crippen molar-refractivity contribution in [1.82, 2.24) is 4.90 Å². The zero-order chi connectivity index (χ0) is 19.8. The van der Waals surface area contributed by atoms with Crippen LogP contribution in [0.5, 0.6) is 5.75 Å². The van der Waals surface area contributed by atoms with Gasteiger partial charge in [-0.15, -0.1) is 0 Å². The van der Waals surface area contributed by atoms with Crippen molar-refractivity contribution in [2.45, 2.75) is 33.4 Å². The maximum atomic E-state index is 13.1. The number of benzene rings is 2. The largest absolute Gasteiger partial charge is 0.491 e. The Morgan fingerprint density at radius 1 is 0.963 bits per heavy atom. The van der Waals surface area contributed by atoms with Crippen LogP contribution in [0.3, 0.4) is 0 Å². The molecule has 0 N–H and O–H groups in total. The molecule has 5 heteroatoms. The fourth-order valence-corrected chi connectivity index (χ4v) is 2.76. The first-order chi connectivity index (χ1) is 12.9. The summed E-state index contributed by atoms with van der Waals surface area (Å²) in [6, 6.07) is 16.8. The Labute approximate surface area is 160 Å². The van der Waals surface area contributed by atoms with Crippen LogP contribution in [0.15, 0.2) is 54.6 Å². The fourth-order valence-electron chi connectivity index (χ4n) is 2.76. The maximum absolute atomic E-state index is 13.1. The standard InChI is InChI=1S/C22H27NO4/c1-16(2)27-20-12-10-19(11-13-20)21(24)23(14-17(3)22(25)26-4)15-18-8-6-5-7-9-18/h5-13,16-17H,14-15H2,1-4H3. The highest BCUT2D eigenvalue weighted by molar-refractivity contribution is 5.94. The van der Waals surface area contributed by atoms with Gasteiger partial charge in [-0.25, -0.2) is 0 Å². The second kappa shape index (κ2) is 9.76. The highest BCUT2D eigenvalue weighted by Gasteiger charge is 2.23. The zero-order valence-corrected chi connectivity index (χ0v) is 16.3. The fraction of sp³-hybridized carbons (Fsp3) is 0.364. The van der Waals surface area contributed by atoms with Gasteiger partial charge in [0.2, 0.25) is 0 Å². The summed E-state index contributed by atoms with van der Waals surface area (Å²) in [4.78, 5) is 26.6. The van der Waals surface area contributed by atoms with Gasteiger partial charge in [0.25, 0.3) is 5.91 Å². The van der Waals surface area contributed by atoms with Crippen molar-refractivity contribution in [2.75, 3.05) is 13.7 Å². The highest BCUT2D eigenvalue weighted by atomic mass is 16.5. The lowest BCUT2D eigenvalue weighted by atomic mass is 10.1. The summed E-state index contributed by atoms with van der Waals surface area (Å²) in [5, 5.41) is 0. The molecular weight excluding hydrogens is 342 g/mol. The van der Waals surface area contributed by atoms with E-state index >= 15 is 0 Å². The molecule has 1 unspecified atom stereocenters. The molecule has 0 aromatic heterocycles. The molecule has 0 spiro atoms. The molecule has 5 nitrogen and oxygen atoms in total. The average Bonchev–Trinajstić information content (AvgIpc) is 2.67. The number of hydrogen-bond donors (Lipinski definition) is 0. The molecule has 0 heterocycles. The number of hydrogen-bond acceptors (Lipinski definition) is 4. The minimum Gasteiger partial charge on any atom is -0.491 e. The second-order valence-corrected chi connectivity index (χ2v) is 6.79. The average molecular weight is 369 g/mol. The van der Waals surface area contributed by atoms with Crippen molar-refractivity contribution in [3.05, 3.63) is 65.7 Å². The highest BCUT2D eigenvalue weighted by Crippen LogP contribution is 2.17. The Morgan fingerprint density at radius 3 is 2.15 bits per heavy atom. The van der Waals surface area contributed by atoms with E-state index in [0.717, 1.165) is 11.3 Å². The normalized spacial score (nSPS) is 11.7. The monoisotopic (exact) mass is 369 g/mol. The van der Waals surface area contributed by atoms with Crippen molar-refractivity contribution in [1.29, 1.82) is 0 Å². The van der Waals surface area contributed by atoms with Crippen molar-refractivity contribution in [3.63, 3.8) is 0 Å². The quantitative estimate of drug-likeness (QED) is 0.662. The molecule has 27 heavy (non-hydrogen) atoms. The van der Waals surface area contributed by atoms with Gasteiger partial charge in [-0.1, -0.05) is 37.3 Å². The lowest BCUT2D eigenvalue weighted by Crippen LogP contribution is -2.36. The van der Waals surface area contributed by atoms with Crippen molar-refractivity contribution < 1.29 is 19.1 Å². The zero-order valence-electron chi connectivity index (χ0n) is 16.3. The van der Waals surface area contributed by atoms with E-state index in [-0.39, 0.29) is 24.5 Å². The number of rotatable bonds is 8.